The van der Waals surface area contributed by atoms with E-state index >= 15 is 0 Å². The van der Waals surface area contributed by atoms with E-state index < -0.39 is 0 Å². The van der Waals surface area contributed by atoms with Crippen LogP contribution in [0.3, 0.4) is 0 Å². The number of hydrogen-bond donors (Lipinski definition) is 0. The summed E-state index contributed by atoms with van der Waals surface area (Å²) in [4.78, 5) is 0. The number of imidazole rings is 1. The predicted octanol–water partition coefficient (Wildman–Crippen LogP) is 2.29. The molecule has 13 heavy (non-hydrogen) atoms. The van der Waals surface area contributed by atoms with Crippen molar-refractivity contribution in [3.05, 3.63) is 18.7 Å². The fourth-order valence-corrected chi connectivity index (χ4v) is 1.15. The van der Waals surface area contributed by atoms with Gasteiger partial charge in [-0.05, 0) is 41.5 Å². The van der Waals surface area contributed by atoms with Crippen LogP contribution < -0.4 is 4.57 Å². The first-order valence-electron chi connectivity index (χ1n) is 4.81. The molecular weight excluding hydrogens is 160 g/mol. The topological polar surface area (TPSA) is 8.81 Å². The molecule has 1 aromatic rings. The number of nitrogens with zero attached hydrogens (tertiary/aromatic N) is 2. The minimum Gasteiger partial charge on any atom is -0.232 e. The van der Waals surface area contributed by atoms with Crippen molar-refractivity contribution in [3.63, 3.8) is 0 Å². The summed E-state index contributed by atoms with van der Waals surface area (Å²) < 4.78 is 4.47. The van der Waals surface area contributed by atoms with Crippen LogP contribution in [0.2, 0.25) is 0 Å². The average Bonchev–Trinajstić information content (AvgIpc) is 2.28. The van der Waals surface area contributed by atoms with E-state index in [1.165, 1.54) is 0 Å². The zero-order chi connectivity index (χ0) is 10.3. The zero-order valence-corrected chi connectivity index (χ0v) is 9.63. The van der Waals surface area contributed by atoms with Gasteiger partial charge in [-0.2, -0.15) is 0 Å². The van der Waals surface area contributed by atoms with Gasteiger partial charge in [0.05, 0.1) is 0 Å². The minimum atomic E-state index is 0.177. The maximum atomic E-state index is 2.23. The summed E-state index contributed by atoms with van der Waals surface area (Å²) in [6.07, 6.45) is 6.43. The standard InChI is InChI=1S/C11H21N2/c1-10(2,3)12-7-8-13(9-12)11(4,5)6/h7-9H,1-6H3/q+1. The quantitative estimate of drug-likeness (QED) is 0.543. The lowest BCUT2D eigenvalue weighted by Crippen LogP contribution is -2.48. The van der Waals surface area contributed by atoms with Crippen LogP contribution in [0.15, 0.2) is 18.7 Å². The molecule has 0 N–H and O–H groups in total. The Morgan fingerprint density at radius 3 is 1.77 bits per heavy atom. The van der Waals surface area contributed by atoms with E-state index in [0.717, 1.165) is 0 Å². The highest BCUT2D eigenvalue weighted by atomic mass is 15.2. The number of rotatable bonds is 0. The third-order valence-corrected chi connectivity index (χ3v) is 2.19. The Bertz CT molecular complexity index is 255. The van der Waals surface area contributed by atoms with Crippen LogP contribution in [-0.2, 0) is 11.1 Å². The van der Waals surface area contributed by atoms with Gasteiger partial charge in [0, 0.05) is 0 Å². The molecule has 0 aliphatic carbocycles. The fourth-order valence-electron chi connectivity index (χ4n) is 1.15. The molecule has 0 radical (unpaired) electrons. The van der Waals surface area contributed by atoms with E-state index in [1.54, 1.807) is 0 Å². The van der Waals surface area contributed by atoms with Crippen LogP contribution in [0.4, 0.5) is 0 Å². The normalized spacial score (nSPS) is 13.4. The van der Waals surface area contributed by atoms with Crippen molar-refractivity contribution in [3.8, 4) is 0 Å². The number of hydrogen-bond acceptors (Lipinski definition) is 0. The van der Waals surface area contributed by atoms with Gasteiger partial charge >= 0.3 is 0 Å². The van der Waals surface area contributed by atoms with Crippen LogP contribution in [0.5, 0.6) is 0 Å². The van der Waals surface area contributed by atoms with Gasteiger partial charge in [0.25, 0.3) is 0 Å². The van der Waals surface area contributed by atoms with E-state index in [2.05, 4.69) is 69.4 Å². The molecule has 2 nitrogen and oxygen atoms in total. The fraction of sp³-hybridized carbons (Fsp3) is 0.727. The van der Waals surface area contributed by atoms with Crippen LogP contribution in [0.1, 0.15) is 41.5 Å². The zero-order valence-electron chi connectivity index (χ0n) is 9.63. The predicted molar refractivity (Wildman–Crippen MR) is 54.6 cm³/mol. The molecule has 1 rings (SSSR count). The molecule has 2 heteroatoms. The second-order valence-corrected chi connectivity index (χ2v) is 5.57. The monoisotopic (exact) mass is 181 g/mol. The summed E-state index contributed by atoms with van der Waals surface area (Å²) in [5.41, 5.74) is 0.354. The summed E-state index contributed by atoms with van der Waals surface area (Å²) in [7, 11) is 0. The molecule has 0 atom stereocenters. The average molecular weight is 181 g/mol. The summed E-state index contributed by atoms with van der Waals surface area (Å²) >= 11 is 0. The van der Waals surface area contributed by atoms with Gasteiger partial charge < -0.3 is 0 Å². The first-order chi connectivity index (χ1) is 5.71. The van der Waals surface area contributed by atoms with E-state index in [0.29, 0.717) is 0 Å². The van der Waals surface area contributed by atoms with Crippen molar-refractivity contribution in [1.82, 2.24) is 4.57 Å². The molecule has 0 aromatic carbocycles. The Kier molecular flexibility index (Phi) is 2.27. The molecule has 1 heterocycles. The van der Waals surface area contributed by atoms with E-state index in [9.17, 15) is 0 Å². The van der Waals surface area contributed by atoms with Crippen molar-refractivity contribution >= 4 is 0 Å². The summed E-state index contributed by atoms with van der Waals surface area (Å²) in [5.74, 6) is 0. The van der Waals surface area contributed by atoms with Crippen LogP contribution >= 0.6 is 0 Å². The lowest BCUT2D eigenvalue weighted by molar-refractivity contribution is -0.753. The van der Waals surface area contributed by atoms with Gasteiger partial charge in [-0.15, -0.1) is 0 Å². The molecular formula is C11H21N2+. The van der Waals surface area contributed by atoms with Crippen LogP contribution in [-0.4, -0.2) is 4.57 Å². The highest BCUT2D eigenvalue weighted by Crippen LogP contribution is 2.13. The first kappa shape index (κ1) is 10.3. The van der Waals surface area contributed by atoms with Gasteiger partial charge in [0.2, 0.25) is 6.33 Å². The Morgan fingerprint density at radius 1 is 1.00 bits per heavy atom. The third kappa shape index (κ3) is 2.33. The van der Waals surface area contributed by atoms with Gasteiger partial charge in [0.1, 0.15) is 23.5 Å². The van der Waals surface area contributed by atoms with Gasteiger partial charge in [-0.25, -0.2) is 9.13 Å². The molecule has 0 fully saturated rings. The Morgan fingerprint density at radius 2 is 1.54 bits per heavy atom. The summed E-state index contributed by atoms with van der Waals surface area (Å²) in [6.45, 7) is 13.3. The van der Waals surface area contributed by atoms with Crippen molar-refractivity contribution in [2.24, 2.45) is 0 Å². The van der Waals surface area contributed by atoms with Crippen LogP contribution in [0.25, 0.3) is 0 Å². The maximum absolute atomic E-state index is 2.23. The molecule has 0 saturated heterocycles. The molecule has 0 spiro atoms. The summed E-state index contributed by atoms with van der Waals surface area (Å²) in [6, 6.07) is 0. The van der Waals surface area contributed by atoms with Gasteiger partial charge in [-0.1, -0.05) is 0 Å². The van der Waals surface area contributed by atoms with E-state index in [4.69, 9.17) is 0 Å². The van der Waals surface area contributed by atoms with E-state index in [-0.39, 0.29) is 11.1 Å². The Labute approximate surface area is 81.2 Å². The largest absolute Gasteiger partial charge is 0.244 e. The Balaban J connectivity index is 3.01. The maximum Gasteiger partial charge on any atom is 0.244 e. The van der Waals surface area contributed by atoms with Gasteiger partial charge in [-0.3, -0.25) is 0 Å². The molecule has 0 bridgehead atoms. The smallest absolute Gasteiger partial charge is 0.232 e. The molecule has 0 saturated carbocycles. The first-order valence-corrected chi connectivity index (χ1v) is 4.81. The molecule has 74 valence electrons. The third-order valence-electron chi connectivity index (χ3n) is 2.19. The molecule has 0 aliphatic rings. The number of aromatic nitrogens is 2. The second-order valence-electron chi connectivity index (χ2n) is 5.57. The van der Waals surface area contributed by atoms with Crippen LogP contribution in [0, 0.1) is 0 Å². The van der Waals surface area contributed by atoms with Crippen molar-refractivity contribution in [2.45, 2.75) is 52.6 Å². The highest BCUT2D eigenvalue weighted by molar-refractivity contribution is 4.79. The van der Waals surface area contributed by atoms with Crippen molar-refractivity contribution in [2.75, 3.05) is 0 Å². The summed E-state index contributed by atoms with van der Waals surface area (Å²) in [5, 5.41) is 0. The van der Waals surface area contributed by atoms with E-state index in [1.807, 2.05) is 0 Å². The lowest BCUT2D eigenvalue weighted by atomic mass is 10.1. The molecule has 0 unspecified atom stereocenters. The lowest BCUT2D eigenvalue weighted by Gasteiger charge is -2.16. The second kappa shape index (κ2) is 2.86. The highest BCUT2D eigenvalue weighted by Gasteiger charge is 2.24. The Hall–Kier alpha value is -0.790. The molecule has 1 aromatic heterocycles. The minimum absolute atomic E-state index is 0.177. The van der Waals surface area contributed by atoms with Crippen molar-refractivity contribution in [1.29, 1.82) is 0 Å². The SMILES string of the molecule is CC(C)(C)n1cc[n+](C(C)(C)C)c1. The molecule has 0 aliphatic heterocycles. The van der Waals surface area contributed by atoms with Crippen molar-refractivity contribution < 1.29 is 4.57 Å². The van der Waals surface area contributed by atoms with Gasteiger partial charge in [0.15, 0.2) is 0 Å². The molecule has 0 amide bonds.